The van der Waals surface area contributed by atoms with Crippen LogP contribution in [0.5, 0.6) is 5.75 Å². The number of halogens is 1. The Morgan fingerprint density at radius 1 is 1.38 bits per heavy atom. The van der Waals surface area contributed by atoms with Gasteiger partial charge in [0.15, 0.2) is 0 Å². The van der Waals surface area contributed by atoms with Crippen LogP contribution in [0.15, 0.2) is 32.9 Å². The third-order valence-corrected chi connectivity index (χ3v) is 6.35. The standard InChI is InChI=1S/C13H14BrNO4S2/c1-8-3-4-11(19-2)10(5-8)15-21(17,18)12-6-9(7-16)20-13(12)14/h3-6,15-16H,7H2,1-2H3. The van der Waals surface area contributed by atoms with Gasteiger partial charge in [-0.15, -0.1) is 11.3 Å². The molecule has 21 heavy (non-hydrogen) atoms. The molecule has 0 aliphatic rings. The monoisotopic (exact) mass is 391 g/mol. The molecule has 8 heteroatoms. The number of thiophene rings is 1. The average Bonchev–Trinajstić information content (AvgIpc) is 2.81. The molecule has 0 fully saturated rings. The van der Waals surface area contributed by atoms with Crippen LogP contribution in [0.4, 0.5) is 5.69 Å². The van der Waals surface area contributed by atoms with E-state index in [1.165, 1.54) is 24.5 Å². The summed E-state index contributed by atoms with van der Waals surface area (Å²) in [4.78, 5) is 0.665. The lowest BCUT2D eigenvalue weighted by Gasteiger charge is -2.12. The molecule has 0 spiro atoms. The number of nitrogens with one attached hydrogen (secondary N) is 1. The molecule has 5 nitrogen and oxygen atoms in total. The third-order valence-electron chi connectivity index (χ3n) is 2.75. The van der Waals surface area contributed by atoms with Crippen molar-refractivity contribution in [3.63, 3.8) is 0 Å². The van der Waals surface area contributed by atoms with E-state index in [0.29, 0.717) is 20.1 Å². The first-order valence-corrected chi connectivity index (χ1v) is 9.03. The average molecular weight is 392 g/mol. The van der Waals surface area contributed by atoms with Crippen LogP contribution in [0.1, 0.15) is 10.4 Å². The summed E-state index contributed by atoms with van der Waals surface area (Å²) in [6, 6.07) is 6.68. The number of ether oxygens (including phenoxy) is 1. The fraction of sp³-hybridized carbons (Fsp3) is 0.231. The van der Waals surface area contributed by atoms with Crippen molar-refractivity contribution in [1.82, 2.24) is 0 Å². The molecule has 0 atom stereocenters. The van der Waals surface area contributed by atoms with Crippen LogP contribution in [0, 0.1) is 6.92 Å². The quantitative estimate of drug-likeness (QED) is 0.820. The van der Waals surface area contributed by atoms with Crippen LogP contribution in [0.25, 0.3) is 0 Å². The van der Waals surface area contributed by atoms with E-state index in [9.17, 15) is 8.42 Å². The summed E-state index contributed by atoms with van der Waals surface area (Å²) in [5, 5.41) is 9.10. The Morgan fingerprint density at radius 2 is 2.10 bits per heavy atom. The summed E-state index contributed by atoms with van der Waals surface area (Å²) in [6.45, 7) is 1.66. The van der Waals surface area contributed by atoms with E-state index in [-0.39, 0.29) is 11.5 Å². The number of rotatable bonds is 5. The Labute approximate surface area is 135 Å². The zero-order valence-electron chi connectivity index (χ0n) is 11.4. The Balaban J connectivity index is 2.41. The second kappa shape index (κ2) is 6.35. The predicted octanol–water partition coefficient (Wildman–Crippen LogP) is 3.12. The molecule has 0 aliphatic carbocycles. The van der Waals surface area contributed by atoms with Gasteiger partial charge in [0.1, 0.15) is 10.6 Å². The van der Waals surface area contributed by atoms with E-state index in [1.54, 1.807) is 12.1 Å². The molecule has 0 aliphatic heterocycles. The van der Waals surface area contributed by atoms with Gasteiger partial charge in [0.2, 0.25) is 0 Å². The minimum Gasteiger partial charge on any atom is -0.495 e. The Bertz CT molecular complexity index is 756. The first-order chi connectivity index (χ1) is 9.87. The number of hydrogen-bond donors (Lipinski definition) is 2. The van der Waals surface area contributed by atoms with Gasteiger partial charge >= 0.3 is 0 Å². The minimum absolute atomic E-state index is 0.0973. The van der Waals surface area contributed by atoms with Crippen LogP contribution in [0.3, 0.4) is 0 Å². The van der Waals surface area contributed by atoms with Crippen molar-refractivity contribution in [3.8, 4) is 5.75 Å². The molecular weight excluding hydrogens is 378 g/mol. The zero-order chi connectivity index (χ0) is 15.6. The van der Waals surface area contributed by atoms with E-state index >= 15 is 0 Å². The number of aryl methyl sites for hydroxylation is 1. The van der Waals surface area contributed by atoms with Crippen molar-refractivity contribution in [2.24, 2.45) is 0 Å². The van der Waals surface area contributed by atoms with E-state index in [1.807, 2.05) is 13.0 Å². The summed E-state index contributed by atoms with van der Waals surface area (Å²) < 4.78 is 33.0. The first kappa shape index (κ1) is 16.3. The highest BCUT2D eigenvalue weighted by molar-refractivity contribution is 9.11. The van der Waals surface area contributed by atoms with Gasteiger partial charge in [0.25, 0.3) is 10.0 Å². The molecule has 2 rings (SSSR count). The van der Waals surface area contributed by atoms with Crippen LogP contribution < -0.4 is 9.46 Å². The number of sulfonamides is 1. The molecule has 1 aromatic carbocycles. The Morgan fingerprint density at radius 3 is 2.67 bits per heavy atom. The normalized spacial score (nSPS) is 11.4. The van der Waals surface area contributed by atoms with Gasteiger partial charge in [-0.2, -0.15) is 0 Å². The van der Waals surface area contributed by atoms with Crippen LogP contribution in [0.2, 0.25) is 0 Å². The fourth-order valence-corrected chi connectivity index (χ4v) is 5.37. The van der Waals surface area contributed by atoms with Crippen LogP contribution >= 0.6 is 27.3 Å². The van der Waals surface area contributed by atoms with E-state index < -0.39 is 10.0 Å². The molecule has 0 saturated heterocycles. The number of methoxy groups -OCH3 is 1. The Hall–Kier alpha value is -1.09. The molecular formula is C13H14BrNO4S2. The smallest absolute Gasteiger partial charge is 0.264 e. The SMILES string of the molecule is COc1ccc(C)cc1NS(=O)(=O)c1cc(CO)sc1Br. The van der Waals surface area contributed by atoms with Gasteiger partial charge in [-0.25, -0.2) is 8.42 Å². The topological polar surface area (TPSA) is 75.6 Å². The van der Waals surface area contributed by atoms with Crippen molar-refractivity contribution in [3.05, 3.63) is 38.5 Å². The van der Waals surface area contributed by atoms with E-state index in [0.717, 1.165) is 5.56 Å². The maximum Gasteiger partial charge on any atom is 0.264 e. The van der Waals surface area contributed by atoms with Crippen molar-refractivity contribution >= 4 is 43.0 Å². The van der Waals surface area contributed by atoms with Gasteiger partial charge in [0.05, 0.1) is 23.2 Å². The largest absolute Gasteiger partial charge is 0.495 e. The number of anilines is 1. The molecule has 114 valence electrons. The molecule has 0 unspecified atom stereocenters. The van der Waals surface area contributed by atoms with Crippen LogP contribution in [-0.4, -0.2) is 20.6 Å². The van der Waals surface area contributed by atoms with Gasteiger partial charge in [-0.1, -0.05) is 6.07 Å². The highest BCUT2D eigenvalue weighted by Gasteiger charge is 2.22. The molecule has 2 aromatic rings. The molecule has 0 amide bonds. The second-order valence-electron chi connectivity index (χ2n) is 4.32. The summed E-state index contributed by atoms with van der Waals surface area (Å²) in [6.07, 6.45) is 0. The van der Waals surface area contributed by atoms with Crippen molar-refractivity contribution in [2.45, 2.75) is 18.4 Å². The van der Waals surface area contributed by atoms with Gasteiger partial charge in [-0.3, -0.25) is 4.72 Å². The van der Waals surface area contributed by atoms with Gasteiger partial charge in [0, 0.05) is 4.88 Å². The molecule has 1 aromatic heterocycles. The Kier molecular flexibility index (Phi) is 4.92. The molecule has 0 bridgehead atoms. The summed E-state index contributed by atoms with van der Waals surface area (Å²) in [7, 11) is -2.28. The number of aliphatic hydroxyl groups excluding tert-OH is 1. The zero-order valence-corrected chi connectivity index (χ0v) is 14.6. The predicted molar refractivity (Wildman–Crippen MR) is 86.5 cm³/mol. The summed E-state index contributed by atoms with van der Waals surface area (Å²) in [5.74, 6) is 0.443. The highest BCUT2D eigenvalue weighted by atomic mass is 79.9. The number of hydrogen-bond acceptors (Lipinski definition) is 5. The minimum atomic E-state index is -3.76. The van der Waals surface area contributed by atoms with Gasteiger partial charge < -0.3 is 9.84 Å². The highest BCUT2D eigenvalue weighted by Crippen LogP contribution is 2.34. The summed E-state index contributed by atoms with van der Waals surface area (Å²) >= 11 is 4.40. The molecule has 0 radical (unpaired) electrons. The molecule has 2 N–H and O–H groups in total. The lowest BCUT2D eigenvalue weighted by Crippen LogP contribution is -2.13. The van der Waals surface area contributed by atoms with E-state index in [2.05, 4.69) is 20.7 Å². The molecule has 0 saturated carbocycles. The lowest BCUT2D eigenvalue weighted by atomic mass is 10.2. The molecule has 1 heterocycles. The maximum atomic E-state index is 12.5. The van der Waals surface area contributed by atoms with Crippen molar-refractivity contribution in [1.29, 1.82) is 0 Å². The van der Waals surface area contributed by atoms with Crippen LogP contribution in [-0.2, 0) is 16.6 Å². The van der Waals surface area contributed by atoms with Crippen molar-refractivity contribution < 1.29 is 18.3 Å². The third kappa shape index (κ3) is 3.57. The number of aliphatic hydroxyl groups is 1. The fourth-order valence-electron chi connectivity index (χ4n) is 1.76. The second-order valence-corrected chi connectivity index (χ2v) is 8.42. The maximum absolute atomic E-state index is 12.5. The first-order valence-electron chi connectivity index (χ1n) is 5.94. The van der Waals surface area contributed by atoms with Crippen molar-refractivity contribution in [2.75, 3.05) is 11.8 Å². The lowest BCUT2D eigenvalue weighted by molar-refractivity contribution is 0.285. The number of benzene rings is 1. The van der Waals surface area contributed by atoms with Gasteiger partial charge in [-0.05, 0) is 46.6 Å². The summed E-state index contributed by atoms with van der Waals surface area (Å²) in [5.41, 5.74) is 1.29. The van der Waals surface area contributed by atoms with E-state index in [4.69, 9.17) is 9.84 Å².